The second kappa shape index (κ2) is 6.05. The number of ether oxygens (including phenoxy) is 1. The predicted molar refractivity (Wildman–Crippen MR) is 65.2 cm³/mol. The highest BCUT2D eigenvalue weighted by Gasteiger charge is 2.27. The van der Waals surface area contributed by atoms with Crippen LogP contribution in [-0.2, 0) is 4.74 Å². The van der Waals surface area contributed by atoms with Crippen molar-refractivity contribution < 1.29 is 13.9 Å². The van der Waals surface area contributed by atoms with Crippen LogP contribution >= 0.6 is 12.4 Å². The summed E-state index contributed by atoms with van der Waals surface area (Å²) in [7, 11) is 0. The fourth-order valence-corrected chi connectivity index (χ4v) is 1.75. The topological polar surface area (TPSA) is 68.7 Å². The molecule has 17 heavy (non-hydrogen) atoms. The highest BCUT2D eigenvalue weighted by Crippen LogP contribution is 2.12. The number of carbonyl (C=O) groups is 1. The fourth-order valence-electron chi connectivity index (χ4n) is 1.75. The summed E-state index contributed by atoms with van der Waals surface area (Å²) in [5.74, 6) is -0.0253. The zero-order valence-electron chi connectivity index (χ0n) is 9.67. The summed E-state index contributed by atoms with van der Waals surface area (Å²) in [5.41, 5.74) is 6.34. The van der Waals surface area contributed by atoms with E-state index in [0.717, 1.165) is 0 Å². The molecule has 2 atom stereocenters. The van der Waals surface area contributed by atoms with Crippen molar-refractivity contribution in [1.29, 1.82) is 0 Å². The van der Waals surface area contributed by atoms with Crippen LogP contribution in [0.25, 0.3) is 0 Å². The van der Waals surface area contributed by atoms with Crippen LogP contribution < -0.4 is 5.73 Å². The minimum atomic E-state index is -0.0791. The quantitative estimate of drug-likeness (QED) is 0.858. The highest BCUT2D eigenvalue weighted by atomic mass is 35.5. The number of hydrogen-bond acceptors (Lipinski definition) is 4. The van der Waals surface area contributed by atoms with Crippen LogP contribution in [0.1, 0.15) is 17.3 Å². The van der Waals surface area contributed by atoms with Gasteiger partial charge in [-0.1, -0.05) is 0 Å². The highest BCUT2D eigenvalue weighted by molar-refractivity contribution is 5.93. The van der Waals surface area contributed by atoms with Crippen LogP contribution in [0.15, 0.2) is 23.0 Å². The molecule has 0 spiro atoms. The maximum atomic E-state index is 12.0. The molecule has 2 rings (SSSR count). The molecule has 0 radical (unpaired) electrons. The van der Waals surface area contributed by atoms with Gasteiger partial charge in [-0.25, -0.2) is 0 Å². The third-order valence-corrected chi connectivity index (χ3v) is 2.74. The largest absolute Gasteiger partial charge is 0.472 e. The van der Waals surface area contributed by atoms with Gasteiger partial charge < -0.3 is 19.8 Å². The minimum Gasteiger partial charge on any atom is -0.472 e. The van der Waals surface area contributed by atoms with Gasteiger partial charge in [-0.3, -0.25) is 4.79 Å². The Balaban J connectivity index is 0.00000144. The Kier molecular flexibility index (Phi) is 4.99. The Morgan fingerprint density at radius 1 is 1.65 bits per heavy atom. The number of halogens is 1. The van der Waals surface area contributed by atoms with Crippen molar-refractivity contribution in [2.24, 2.45) is 5.73 Å². The van der Waals surface area contributed by atoms with Crippen molar-refractivity contribution in [3.63, 3.8) is 0 Å². The van der Waals surface area contributed by atoms with E-state index in [9.17, 15) is 4.79 Å². The van der Waals surface area contributed by atoms with E-state index in [1.165, 1.54) is 12.5 Å². The summed E-state index contributed by atoms with van der Waals surface area (Å²) < 4.78 is 10.4. The lowest BCUT2D eigenvalue weighted by atomic mass is 10.1. The first-order chi connectivity index (χ1) is 7.68. The first-order valence-corrected chi connectivity index (χ1v) is 5.37. The lowest BCUT2D eigenvalue weighted by Gasteiger charge is -2.34. The Morgan fingerprint density at radius 3 is 3.00 bits per heavy atom. The normalized spacial score (nSPS) is 21.8. The maximum Gasteiger partial charge on any atom is 0.257 e. The second-order valence-corrected chi connectivity index (χ2v) is 4.03. The molecule has 1 amide bonds. The summed E-state index contributed by atoms with van der Waals surface area (Å²) in [5, 5.41) is 0. The fraction of sp³-hybridized carbons (Fsp3) is 0.545. The van der Waals surface area contributed by atoms with E-state index in [4.69, 9.17) is 14.9 Å². The van der Waals surface area contributed by atoms with Crippen molar-refractivity contribution in [3.05, 3.63) is 24.2 Å². The number of nitrogens with two attached hydrogens (primary N) is 1. The van der Waals surface area contributed by atoms with Gasteiger partial charge >= 0.3 is 0 Å². The summed E-state index contributed by atoms with van der Waals surface area (Å²) >= 11 is 0. The Labute approximate surface area is 106 Å². The van der Waals surface area contributed by atoms with E-state index < -0.39 is 0 Å². The van der Waals surface area contributed by atoms with E-state index in [0.29, 0.717) is 25.3 Å². The van der Waals surface area contributed by atoms with Crippen molar-refractivity contribution in [1.82, 2.24) is 4.90 Å². The van der Waals surface area contributed by atoms with Crippen molar-refractivity contribution in [3.8, 4) is 0 Å². The van der Waals surface area contributed by atoms with Crippen LogP contribution in [0.4, 0.5) is 0 Å². The van der Waals surface area contributed by atoms with E-state index in [1.54, 1.807) is 11.0 Å². The van der Waals surface area contributed by atoms with E-state index in [2.05, 4.69) is 0 Å². The molecule has 2 unspecified atom stereocenters. The molecule has 1 saturated heterocycles. The summed E-state index contributed by atoms with van der Waals surface area (Å²) in [6, 6.07) is 1.60. The van der Waals surface area contributed by atoms with Gasteiger partial charge in [-0.15, -0.1) is 12.4 Å². The maximum absolute atomic E-state index is 12.0. The summed E-state index contributed by atoms with van der Waals surface area (Å²) in [4.78, 5) is 13.8. The third kappa shape index (κ3) is 3.21. The first kappa shape index (κ1) is 14.0. The molecule has 5 nitrogen and oxygen atoms in total. The number of carbonyl (C=O) groups excluding carboxylic acids is 1. The molecule has 1 aliphatic heterocycles. The standard InChI is InChI=1S/C11H16N2O3.ClH/c1-8(12)10-6-13(3-5-16-10)11(14)9-2-4-15-7-9;/h2,4,7-8,10H,3,5-6,12H2,1H3;1H. The van der Waals surface area contributed by atoms with Crippen LogP contribution in [0.5, 0.6) is 0 Å². The van der Waals surface area contributed by atoms with Gasteiger partial charge in [0.05, 0.1) is 24.5 Å². The molecule has 0 bridgehead atoms. The van der Waals surface area contributed by atoms with Crippen LogP contribution in [-0.4, -0.2) is 42.6 Å². The average molecular weight is 261 g/mol. The molecule has 2 heterocycles. The van der Waals surface area contributed by atoms with Crippen molar-refractivity contribution in [2.45, 2.75) is 19.1 Å². The lowest BCUT2D eigenvalue weighted by Crippen LogP contribution is -2.51. The van der Waals surface area contributed by atoms with Gasteiger partial charge in [0.15, 0.2) is 0 Å². The molecule has 96 valence electrons. The third-order valence-electron chi connectivity index (χ3n) is 2.74. The summed E-state index contributed by atoms with van der Waals surface area (Å²) in [6.45, 7) is 3.57. The average Bonchev–Trinajstić information content (AvgIpc) is 2.81. The van der Waals surface area contributed by atoms with Gasteiger partial charge in [-0.05, 0) is 13.0 Å². The molecule has 0 aromatic carbocycles. The number of amides is 1. The molecule has 1 aromatic heterocycles. The Hall–Kier alpha value is -1.04. The van der Waals surface area contributed by atoms with Crippen LogP contribution in [0.2, 0.25) is 0 Å². The van der Waals surface area contributed by atoms with Gasteiger partial charge in [0, 0.05) is 19.1 Å². The number of furan rings is 1. The molecule has 0 aliphatic carbocycles. The Bertz CT molecular complexity index is 354. The molecule has 2 N–H and O–H groups in total. The molecular weight excluding hydrogens is 244 g/mol. The van der Waals surface area contributed by atoms with Crippen molar-refractivity contribution in [2.75, 3.05) is 19.7 Å². The predicted octanol–water partition coefficient (Wildman–Crippen LogP) is 0.890. The van der Waals surface area contributed by atoms with Gasteiger partial charge in [0.1, 0.15) is 6.26 Å². The molecule has 1 fully saturated rings. The van der Waals surface area contributed by atoms with Crippen molar-refractivity contribution >= 4 is 18.3 Å². The smallest absolute Gasteiger partial charge is 0.257 e. The minimum absolute atomic E-state index is 0. The molecular formula is C11H17ClN2O3. The zero-order chi connectivity index (χ0) is 11.5. The number of hydrogen-bond donors (Lipinski definition) is 1. The van der Waals surface area contributed by atoms with Crippen LogP contribution in [0.3, 0.4) is 0 Å². The second-order valence-electron chi connectivity index (χ2n) is 4.03. The van der Waals surface area contributed by atoms with Crippen LogP contribution in [0, 0.1) is 0 Å². The monoisotopic (exact) mass is 260 g/mol. The molecule has 0 saturated carbocycles. The van der Waals surface area contributed by atoms with Gasteiger partial charge in [0.2, 0.25) is 0 Å². The number of rotatable bonds is 2. The zero-order valence-corrected chi connectivity index (χ0v) is 10.5. The number of morpholine rings is 1. The first-order valence-electron chi connectivity index (χ1n) is 5.37. The molecule has 6 heteroatoms. The summed E-state index contributed by atoms with van der Waals surface area (Å²) in [6.07, 6.45) is 2.87. The Morgan fingerprint density at radius 2 is 2.41 bits per heavy atom. The van der Waals surface area contributed by atoms with Gasteiger partial charge in [-0.2, -0.15) is 0 Å². The van der Waals surface area contributed by atoms with E-state index >= 15 is 0 Å². The molecule has 1 aliphatic rings. The SMILES string of the molecule is CC(N)C1CN(C(=O)c2ccoc2)CCO1.Cl. The van der Waals surface area contributed by atoms with Gasteiger partial charge in [0.25, 0.3) is 5.91 Å². The lowest BCUT2D eigenvalue weighted by molar-refractivity contribution is -0.0300. The van der Waals surface area contributed by atoms with E-state index in [-0.39, 0.29) is 30.5 Å². The van der Waals surface area contributed by atoms with E-state index in [1.807, 2.05) is 6.92 Å². The molecule has 1 aromatic rings. The number of nitrogens with zero attached hydrogens (tertiary/aromatic N) is 1.